The van der Waals surface area contributed by atoms with Gasteiger partial charge in [-0.2, -0.15) is 0 Å². The molecule has 0 radical (unpaired) electrons. The Morgan fingerprint density at radius 2 is 2.19 bits per heavy atom. The number of anilines is 2. The van der Waals surface area contributed by atoms with Crippen LogP contribution in [0.2, 0.25) is 0 Å². The first-order chi connectivity index (χ1) is 13.2. The molecule has 27 heavy (non-hydrogen) atoms. The maximum absolute atomic E-state index is 12.6. The van der Waals surface area contributed by atoms with E-state index in [9.17, 15) is 4.79 Å². The zero-order valence-corrected chi connectivity index (χ0v) is 15.1. The second-order valence-corrected chi connectivity index (χ2v) is 6.63. The molecule has 1 aliphatic heterocycles. The van der Waals surface area contributed by atoms with Gasteiger partial charge in [-0.3, -0.25) is 9.78 Å². The molecule has 3 aromatic heterocycles. The van der Waals surface area contributed by atoms with Crippen molar-refractivity contribution in [2.24, 2.45) is 0 Å². The number of H-pyrrole nitrogens is 1. The number of hydrogen-bond donors (Lipinski definition) is 2. The Balaban J connectivity index is 1.55. The van der Waals surface area contributed by atoms with E-state index in [1.807, 2.05) is 30.0 Å². The van der Waals surface area contributed by atoms with Gasteiger partial charge in [-0.1, -0.05) is 6.07 Å². The van der Waals surface area contributed by atoms with Crippen LogP contribution in [0.15, 0.2) is 43.1 Å². The van der Waals surface area contributed by atoms with Crippen LogP contribution in [0.3, 0.4) is 0 Å². The lowest BCUT2D eigenvalue weighted by atomic mass is 9.94. The van der Waals surface area contributed by atoms with Crippen molar-refractivity contribution in [3.8, 4) is 0 Å². The lowest BCUT2D eigenvalue weighted by Gasteiger charge is -2.32. The van der Waals surface area contributed by atoms with Crippen LogP contribution in [0.5, 0.6) is 0 Å². The molecule has 8 nitrogen and oxygen atoms in total. The molecular formula is C19H21N7O. The molecule has 8 heteroatoms. The third-order valence-electron chi connectivity index (χ3n) is 4.69. The minimum atomic E-state index is -0.0315. The summed E-state index contributed by atoms with van der Waals surface area (Å²) in [5, 5.41) is 3.28. The number of amides is 1. The largest absolute Gasteiger partial charge is 0.341 e. The summed E-state index contributed by atoms with van der Waals surface area (Å²) in [4.78, 5) is 34.8. The number of likely N-dealkylation sites (tertiary alicyclic amines) is 1. The Morgan fingerprint density at radius 1 is 1.30 bits per heavy atom. The number of aromatic nitrogens is 5. The molecular weight excluding hydrogens is 342 g/mol. The lowest BCUT2D eigenvalue weighted by Crippen LogP contribution is -2.39. The molecule has 0 spiro atoms. The first kappa shape index (κ1) is 17.1. The number of nitrogens with zero attached hydrogens (tertiary/aromatic N) is 5. The van der Waals surface area contributed by atoms with Crippen molar-refractivity contribution in [3.05, 3.63) is 60.2 Å². The summed E-state index contributed by atoms with van der Waals surface area (Å²) >= 11 is 0. The molecule has 0 aliphatic carbocycles. The monoisotopic (exact) mass is 363 g/mol. The number of rotatable bonds is 4. The van der Waals surface area contributed by atoms with E-state index >= 15 is 0 Å². The number of hydrogen-bond acceptors (Lipinski definition) is 6. The van der Waals surface area contributed by atoms with Gasteiger partial charge in [0.05, 0.1) is 18.2 Å². The zero-order chi connectivity index (χ0) is 18.6. The topological polar surface area (TPSA) is 99.7 Å². The van der Waals surface area contributed by atoms with Gasteiger partial charge >= 0.3 is 0 Å². The van der Waals surface area contributed by atoms with Gasteiger partial charge in [-0.25, -0.2) is 15.0 Å². The third-order valence-corrected chi connectivity index (χ3v) is 4.69. The highest BCUT2D eigenvalue weighted by Crippen LogP contribution is 2.30. The van der Waals surface area contributed by atoms with E-state index in [-0.39, 0.29) is 11.8 Å². The molecule has 1 saturated heterocycles. The number of aryl methyl sites for hydroxylation is 1. The summed E-state index contributed by atoms with van der Waals surface area (Å²) in [5.74, 6) is 1.51. The number of piperidine rings is 1. The van der Waals surface area contributed by atoms with Gasteiger partial charge < -0.3 is 15.2 Å². The van der Waals surface area contributed by atoms with Crippen LogP contribution in [0.25, 0.3) is 0 Å². The predicted octanol–water partition coefficient (Wildman–Crippen LogP) is 2.67. The van der Waals surface area contributed by atoms with Gasteiger partial charge in [0.2, 0.25) is 0 Å². The van der Waals surface area contributed by atoms with Crippen LogP contribution in [-0.2, 0) is 0 Å². The average Bonchev–Trinajstić information content (AvgIpc) is 3.23. The fourth-order valence-electron chi connectivity index (χ4n) is 3.41. The molecule has 1 unspecified atom stereocenters. The van der Waals surface area contributed by atoms with Crippen LogP contribution in [-0.4, -0.2) is 48.8 Å². The molecule has 0 saturated carbocycles. The maximum atomic E-state index is 12.6. The highest BCUT2D eigenvalue weighted by molar-refractivity contribution is 5.92. The van der Waals surface area contributed by atoms with Gasteiger partial charge in [0, 0.05) is 37.1 Å². The number of nitrogens with one attached hydrogen (secondary N) is 2. The fourth-order valence-corrected chi connectivity index (χ4v) is 3.41. The van der Waals surface area contributed by atoms with Crippen molar-refractivity contribution in [1.82, 2.24) is 29.8 Å². The van der Waals surface area contributed by atoms with Gasteiger partial charge in [0.1, 0.15) is 11.5 Å². The van der Waals surface area contributed by atoms with E-state index in [2.05, 4.69) is 30.2 Å². The van der Waals surface area contributed by atoms with Crippen molar-refractivity contribution in [1.29, 1.82) is 0 Å². The first-order valence-corrected chi connectivity index (χ1v) is 9.00. The third kappa shape index (κ3) is 3.79. The van der Waals surface area contributed by atoms with Crippen LogP contribution in [0, 0.1) is 6.92 Å². The van der Waals surface area contributed by atoms with Crippen molar-refractivity contribution in [2.45, 2.75) is 25.7 Å². The zero-order valence-electron chi connectivity index (χ0n) is 15.1. The van der Waals surface area contributed by atoms with Crippen LogP contribution >= 0.6 is 0 Å². The Labute approximate surface area is 157 Å². The Bertz CT molecular complexity index is 925. The van der Waals surface area contributed by atoms with Crippen LogP contribution in [0.1, 0.15) is 40.6 Å². The number of pyridine rings is 1. The fraction of sp³-hybridized carbons (Fsp3) is 0.316. The van der Waals surface area contributed by atoms with E-state index in [0.717, 1.165) is 36.6 Å². The number of aromatic amines is 1. The summed E-state index contributed by atoms with van der Waals surface area (Å²) in [5.41, 5.74) is 2.31. The van der Waals surface area contributed by atoms with Crippen molar-refractivity contribution in [2.75, 3.05) is 18.4 Å². The summed E-state index contributed by atoms with van der Waals surface area (Å²) in [7, 11) is 0. The molecule has 1 atom stereocenters. The Kier molecular flexibility index (Phi) is 4.78. The average molecular weight is 363 g/mol. The predicted molar refractivity (Wildman–Crippen MR) is 101 cm³/mol. The van der Waals surface area contributed by atoms with Crippen LogP contribution < -0.4 is 5.32 Å². The van der Waals surface area contributed by atoms with E-state index < -0.39 is 0 Å². The summed E-state index contributed by atoms with van der Waals surface area (Å²) in [6.07, 6.45) is 8.32. The first-order valence-electron chi connectivity index (χ1n) is 9.00. The van der Waals surface area contributed by atoms with Gasteiger partial charge in [0.15, 0.2) is 5.82 Å². The molecule has 2 N–H and O–H groups in total. The second-order valence-electron chi connectivity index (χ2n) is 6.63. The number of carbonyl (C=O) groups excluding carboxylic acids is 1. The molecule has 0 aromatic carbocycles. The van der Waals surface area contributed by atoms with Gasteiger partial charge in [-0.15, -0.1) is 0 Å². The quantitative estimate of drug-likeness (QED) is 0.739. The Morgan fingerprint density at radius 3 is 3.00 bits per heavy atom. The molecule has 1 aliphatic rings. The summed E-state index contributed by atoms with van der Waals surface area (Å²) in [6.45, 7) is 3.28. The summed E-state index contributed by atoms with van der Waals surface area (Å²) in [6, 6.07) is 5.80. The second kappa shape index (κ2) is 7.53. The van der Waals surface area contributed by atoms with E-state index in [4.69, 9.17) is 0 Å². The number of imidazole rings is 1. The SMILES string of the molecule is Cc1cccc(Nc2nccnc2C2CCCN(C(=O)c3cnc[nH]3)C2)n1. The van der Waals surface area contributed by atoms with E-state index in [1.165, 1.54) is 6.33 Å². The summed E-state index contributed by atoms with van der Waals surface area (Å²) < 4.78 is 0. The van der Waals surface area contributed by atoms with Crippen molar-refractivity contribution in [3.63, 3.8) is 0 Å². The normalized spacial score (nSPS) is 16.9. The molecule has 4 heterocycles. The standard InChI is InChI=1S/C19H21N7O/c1-13-4-2-6-16(24-13)25-18-17(21-7-8-22-18)14-5-3-9-26(11-14)19(27)15-10-20-12-23-15/h2,4,6-8,10,12,14H,3,5,9,11H2,1H3,(H,20,23)(H,22,24,25). The highest BCUT2D eigenvalue weighted by Gasteiger charge is 2.28. The van der Waals surface area contributed by atoms with E-state index in [0.29, 0.717) is 18.1 Å². The van der Waals surface area contributed by atoms with Crippen molar-refractivity contribution < 1.29 is 4.79 Å². The number of carbonyl (C=O) groups is 1. The van der Waals surface area contributed by atoms with Crippen molar-refractivity contribution >= 4 is 17.5 Å². The highest BCUT2D eigenvalue weighted by atomic mass is 16.2. The van der Waals surface area contributed by atoms with Gasteiger partial charge in [0.25, 0.3) is 5.91 Å². The molecule has 138 valence electrons. The molecule has 0 bridgehead atoms. The molecule has 4 rings (SSSR count). The molecule has 3 aromatic rings. The van der Waals surface area contributed by atoms with E-state index in [1.54, 1.807) is 18.6 Å². The Hall–Kier alpha value is -3.29. The lowest BCUT2D eigenvalue weighted by molar-refractivity contribution is 0.0700. The van der Waals surface area contributed by atoms with Gasteiger partial charge in [-0.05, 0) is 31.9 Å². The molecule has 1 fully saturated rings. The maximum Gasteiger partial charge on any atom is 0.271 e. The smallest absolute Gasteiger partial charge is 0.271 e. The minimum absolute atomic E-state index is 0.0315. The molecule has 1 amide bonds. The minimum Gasteiger partial charge on any atom is -0.341 e. The van der Waals surface area contributed by atoms with Crippen LogP contribution in [0.4, 0.5) is 11.6 Å².